The van der Waals surface area contributed by atoms with Crippen LogP contribution in [-0.4, -0.2) is 13.9 Å². The first kappa shape index (κ1) is 13.9. The Morgan fingerprint density at radius 2 is 1.82 bits per heavy atom. The number of nitriles is 1. The van der Waals surface area contributed by atoms with Gasteiger partial charge in [-0.2, -0.15) is 5.26 Å². The summed E-state index contributed by atoms with van der Waals surface area (Å²) < 4.78 is 5.97. The van der Waals surface area contributed by atoms with Gasteiger partial charge in [0.25, 0.3) is 0 Å². The first-order valence-electron chi connectivity index (χ1n) is 6.00. The lowest BCUT2D eigenvalue weighted by Crippen LogP contribution is -2.39. The van der Waals surface area contributed by atoms with Crippen LogP contribution in [0.5, 0.6) is 0 Å². The van der Waals surface area contributed by atoms with Crippen molar-refractivity contribution in [1.29, 1.82) is 5.26 Å². The van der Waals surface area contributed by atoms with Gasteiger partial charge in [-0.15, -0.1) is 0 Å². The Hall–Kier alpha value is -1.11. The molecule has 17 heavy (non-hydrogen) atoms. The van der Waals surface area contributed by atoms with E-state index in [9.17, 15) is 5.26 Å². The smallest absolute Gasteiger partial charge is 0.185 e. The summed E-state index contributed by atoms with van der Waals surface area (Å²) in [6.45, 7) is 8.25. The lowest BCUT2D eigenvalue weighted by atomic mass is 9.98. The second-order valence-corrected chi connectivity index (χ2v) is 9.97. The summed E-state index contributed by atoms with van der Waals surface area (Å²) in [5, 5.41) is 9.27. The van der Waals surface area contributed by atoms with E-state index in [1.54, 1.807) is 0 Å². The third-order valence-electron chi connectivity index (χ3n) is 2.50. The normalized spacial score (nSPS) is 15.0. The molecule has 0 saturated carbocycles. The highest BCUT2D eigenvalue weighted by molar-refractivity contribution is 6.69. The van der Waals surface area contributed by atoms with Crippen LogP contribution in [0.2, 0.25) is 19.6 Å². The molecule has 0 aromatic heterocycles. The molecule has 0 aliphatic carbocycles. The van der Waals surface area contributed by atoms with Gasteiger partial charge in [-0.25, -0.2) is 0 Å². The van der Waals surface area contributed by atoms with Gasteiger partial charge in [0.1, 0.15) is 5.60 Å². The summed E-state index contributed by atoms with van der Waals surface area (Å²) >= 11 is 0. The van der Waals surface area contributed by atoms with Crippen molar-refractivity contribution < 1.29 is 4.43 Å². The second-order valence-electron chi connectivity index (χ2n) is 5.54. The number of hydrogen-bond acceptors (Lipinski definition) is 2. The van der Waals surface area contributed by atoms with E-state index in [2.05, 4.69) is 37.8 Å². The van der Waals surface area contributed by atoms with E-state index in [1.807, 2.05) is 25.1 Å². The maximum Gasteiger partial charge on any atom is 0.185 e. The molecule has 0 heterocycles. The molecule has 3 heteroatoms. The topological polar surface area (TPSA) is 33.0 Å². The van der Waals surface area contributed by atoms with Crippen LogP contribution in [0.15, 0.2) is 30.3 Å². The summed E-state index contributed by atoms with van der Waals surface area (Å²) in [6.07, 6.45) is 1.63. The predicted octanol–water partition coefficient (Wildman–Crippen LogP) is 3.75. The average molecular weight is 247 g/mol. The molecule has 0 radical (unpaired) electrons. The minimum absolute atomic E-state index is 0.652. The van der Waals surface area contributed by atoms with Crippen LogP contribution in [-0.2, 0) is 10.8 Å². The molecule has 0 unspecified atom stereocenters. The Morgan fingerprint density at radius 1 is 1.24 bits per heavy atom. The number of rotatable bonds is 5. The van der Waals surface area contributed by atoms with Gasteiger partial charge < -0.3 is 4.43 Å². The number of nitrogens with zero attached hydrogens (tertiary/aromatic N) is 1. The van der Waals surface area contributed by atoms with Gasteiger partial charge in [-0.05, 0) is 45.0 Å². The summed E-state index contributed by atoms with van der Waals surface area (Å²) in [4.78, 5) is 0. The first-order chi connectivity index (χ1) is 7.85. The third kappa shape index (κ3) is 5.16. The fourth-order valence-electron chi connectivity index (χ4n) is 1.83. The zero-order valence-electron chi connectivity index (χ0n) is 11.2. The predicted molar refractivity (Wildman–Crippen MR) is 73.2 cm³/mol. The summed E-state index contributed by atoms with van der Waals surface area (Å²) in [5.74, 6) is 0. The quantitative estimate of drug-likeness (QED) is 0.742. The molecule has 1 atom stereocenters. The zero-order chi connectivity index (χ0) is 12.9. The number of benzene rings is 1. The van der Waals surface area contributed by atoms with E-state index in [4.69, 9.17) is 4.43 Å². The van der Waals surface area contributed by atoms with Crippen molar-refractivity contribution in [2.75, 3.05) is 0 Å². The molecule has 0 spiro atoms. The van der Waals surface area contributed by atoms with Gasteiger partial charge in [0, 0.05) is 0 Å². The molecule has 0 N–H and O–H groups in total. The van der Waals surface area contributed by atoms with Gasteiger partial charge in [0.2, 0.25) is 0 Å². The third-order valence-corrected chi connectivity index (χ3v) is 3.56. The lowest BCUT2D eigenvalue weighted by molar-refractivity contribution is 0.130. The average Bonchev–Trinajstić information content (AvgIpc) is 2.26. The number of hydrogen-bond donors (Lipinski definition) is 0. The lowest BCUT2D eigenvalue weighted by Gasteiger charge is -2.30. The highest BCUT2D eigenvalue weighted by atomic mass is 28.4. The van der Waals surface area contributed by atoms with Crippen molar-refractivity contribution in [2.45, 2.75) is 45.0 Å². The monoisotopic (exact) mass is 247 g/mol. The van der Waals surface area contributed by atoms with E-state index >= 15 is 0 Å². The largest absolute Gasteiger partial charge is 0.400 e. The van der Waals surface area contributed by atoms with Crippen molar-refractivity contribution in [1.82, 2.24) is 0 Å². The van der Waals surface area contributed by atoms with Crippen molar-refractivity contribution in [3.05, 3.63) is 35.9 Å². The maximum absolute atomic E-state index is 9.27. The van der Waals surface area contributed by atoms with Crippen LogP contribution in [0, 0.1) is 11.3 Å². The molecule has 1 rings (SSSR count). The summed E-state index contributed by atoms with van der Waals surface area (Å²) in [6, 6.07) is 12.6. The first-order valence-corrected chi connectivity index (χ1v) is 9.41. The Labute approximate surface area is 105 Å². The molecule has 0 saturated heterocycles. The highest BCUT2D eigenvalue weighted by Crippen LogP contribution is 2.22. The summed E-state index contributed by atoms with van der Waals surface area (Å²) in [7, 11) is -1.67. The highest BCUT2D eigenvalue weighted by Gasteiger charge is 2.31. The van der Waals surface area contributed by atoms with Crippen molar-refractivity contribution >= 4 is 8.32 Å². The second kappa shape index (κ2) is 5.48. The van der Waals surface area contributed by atoms with Crippen LogP contribution in [0.4, 0.5) is 0 Å². The maximum atomic E-state index is 9.27. The van der Waals surface area contributed by atoms with Crippen molar-refractivity contribution in [3.63, 3.8) is 0 Å². The van der Waals surface area contributed by atoms with Crippen LogP contribution in [0.3, 0.4) is 0 Å². The molecule has 0 fully saturated rings. The van der Waals surface area contributed by atoms with E-state index in [0.717, 1.165) is 12.8 Å². The molecule has 0 amide bonds. The Morgan fingerprint density at radius 3 is 2.29 bits per heavy atom. The molecule has 1 aromatic rings. The molecule has 0 bridgehead atoms. The van der Waals surface area contributed by atoms with Crippen molar-refractivity contribution in [3.8, 4) is 6.07 Å². The molecular weight excluding hydrogens is 226 g/mol. The van der Waals surface area contributed by atoms with E-state index in [1.165, 1.54) is 5.56 Å². The minimum atomic E-state index is -1.67. The summed E-state index contributed by atoms with van der Waals surface area (Å²) in [5.41, 5.74) is 0.605. The van der Waals surface area contributed by atoms with Gasteiger partial charge in [0.05, 0.1) is 6.07 Å². The molecule has 0 aliphatic rings. The van der Waals surface area contributed by atoms with E-state index in [-0.39, 0.29) is 0 Å². The SMILES string of the molecule is C[C@@](C#N)(CCc1ccccc1)O[Si](C)(C)C. The van der Waals surface area contributed by atoms with Crippen LogP contribution in [0.1, 0.15) is 18.9 Å². The molecule has 0 aliphatic heterocycles. The van der Waals surface area contributed by atoms with Gasteiger partial charge in [-0.1, -0.05) is 30.3 Å². The van der Waals surface area contributed by atoms with Crippen molar-refractivity contribution in [2.24, 2.45) is 0 Å². The standard InChI is InChI=1S/C14H21NOSi/c1-14(12-15,16-17(2,3)4)11-10-13-8-6-5-7-9-13/h5-9H,10-11H2,1-4H3/t14-/m0/s1. The van der Waals surface area contributed by atoms with E-state index < -0.39 is 13.9 Å². The Kier molecular flexibility index (Phi) is 4.50. The van der Waals surface area contributed by atoms with Gasteiger partial charge >= 0.3 is 0 Å². The van der Waals surface area contributed by atoms with Crippen LogP contribution < -0.4 is 0 Å². The van der Waals surface area contributed by atoms with Gasteiger partial charge in [0.15, 0.2) is 8.32 Å². The Bertz CT molecular complexity index is 391. The zero-order valence-corrected chi connectivity index (χ0v) is 12.2. The fourth-order valence-corrected chi connectivity index (χ4v) is 3.33. The van der Waals surface area contributed by atoms with Gasteiger partial charge in [-0.3, -0.25) is 0 Å². The van der Waals surface area contributed by atoms with E-state index in [0.29, 0.717) is 0 Å². The molecular formula is C14H21NOSi. The molecule has 1 aromatic carbocycles. The molecule has 92 valence electrons. The fraction of sp³-hybridized carbons (Fsp3) is 0.500. The number of aryl methyl sites for hydroxylation is 1. The van der Waals surface area contributed by atoms with Crippen LogP contribution in [0.25, 0.3) is 0 Å². The van der Waals surface area contributed by atoms with Crippen LogP contribution >= 0.6 is 0 Å². The Balaban J connectivity index is 2.62. The minimum Gasteiger partial charge on any atom is -0.400 e. The molecule has 2 nitrogen and oxygen atoms in total.